The monoisotopic (exact) mass is 312 g/mol. The molecule has 0 saturated carbocycles. The summed E-state index contributed by atoms with van der Waals surface area (Å²) >= 11 is 12.1. The van der Waals surface area contributed by atoms with Crippen LogP contribution >= 0.6 is 23.2 Å². The Labute approximate surface area is 127 Å². The number of nitriles is 1. The fraction of sp³-hybridized carbons (Fsp3) is 0.385. The first-order valence-corrected chi connectivity index (χ1v) is 6.98. The first kappa shape index (κ1) is 15.1. The van der Waals surface area contributed by atoms with E-state index < -0.39 is 0 Å². The number of carbonyl (C=O) groups excluding carboxylic acids is 1. The van der Waals surface area contributed by atoms with E-state index in [0.717, 1.165) is 26.2 Å². The summed E-state index contributed by atoms with van der Waals surface area (Å²) in [4.78, 5) is 14.0. The molecule has 0 aliphatic carbocycles. The van der Waals surface area contributed by atoms with Gasteiger partial charge in [-0.15, -0.1) is 0 Å². The normalized spacial score (nSPS) is 15.7. The molecule has 2 rings (SSSR count). The van der Waals surface area contributed by atoms with E-state index in [-0.39, 0.29) is 16.0 Å². The van der Waals surface area contributed by atoms with Crippen molar-refractivity contribution in [1.29, 1.82) is 5.26 Å². The topological polar surface area (TPSA) is 68.2 Å². The first-order valence-electron chi connectivity index (χ1n) is 6.22. The average Bonchev–Trinajstić information content (AvgIpc) is 2.43. The van der Waals surface area contributed by atoms with Gasteiger partial charge in [-0.05, 0) is 12.1 Å². The number of rotatable bonds is 3. The van der Waals surface area contributed by atoms with Gasteiger partial charge in [-0.1, -0.05) is 23.2 Å². The lowest BCUT2D eigenvalue weighted by atomic mass is 10.2. The average molecular weight is 313 g/mol. The maximum Gasteiger partial charge on any atom is 0.238 e. The van der Waals surface area contributed by atoms with Crippen LogP contribution in [0.2, 0.25) is 10.0 Å². The van der Waals surface area contributed by atoms with Gasteiger partial charge in [0.2, 0.25) is 5.91 Å². The largest absolute Gasteiger partial charge is 0.322 e. The van der Waals surface area contributed by atoms with Crippen molar-refractivity contribution in [2.75, 3.05) is 38.0 Å². The van der Waals surface area contributed by atoms with Gasteiger partial charge in [0.15, 0.2) is 0 Å². The van der Waals surface area contributed by atoms with Gasteiger partial charge in [-0.3, -0.25) is 9.69 Å². The molecule has 0 aromatic heterocycles. The molecule has 0 radical (unpaired) electrons. The second kappa shape index (κ2) is 6.91. The molecule has 5 nitrogen and oxygen atoms in total. The second-order valence-corrected chi connectivity index (χ2v) is 5.32. The van der Waals surface area contributed by atoms with E-state index >= 15 is 0 Å². The first-order chi connectivity index (χ1) is 9.60. The van der Waals surface area contributed by atoms with Crippen LogP contribution in [0.5, 0.6) is 0 Å². The Kier molecular flexibility index (Phi) is 5.21. The number of hydrogen-bond donors (Lipinski definition) is 2. The third-order valence-electron chi connectivity index (χ3n) is 3.01. The predicted octanol–water partition coefficient (Wildman–Crippen LogP) is 1.71. The molecule has 106 valence electrons. The summed E-state index contributed by atoms with van der Waals surface area (Å²) < 4.78 is 0. The fourth-order valence-corrected chi connectivity index (χ4v) is 2.59. The molecule has 20 heavy (non-hydrogen) atoms. The Balaban J connectivity index is 2.02. The van der Waals surface area contributed by atoms with E-state index in [0.29, 0.717) is 17.8 Å². The number of nitrogens with one attached hydrogen (secondary N) is 2. The van der Waals surface area contributed by atoms with E-state index in [9.17, 15) is 4.79 Å². The van der Waals surface area contributed by atoms with Crippen LogP contribution in [-0.2, 0) is 4.79 Å². The summed E-state index contributed by atoms with van der Waals surface area (Å²) in [5.41, 5.74) is 0.715. The van der Waals surface area contributed by atoms with Crippen molar-refractivity contribution in [3.05, 3.63) is 27.7 Å². The Morgan fingerprint density at radius 1 is 1.35 bits per heavy atom. The number of nitrogens with zero attached hydrogens (tertiary/aromatic N) is 2. The van der Waals surface area contributed by atoms with Gasteiger partial charge in [0.1, 0.15) is 0 Å². The number of benzene rings is 1. The van der Waals surface area contributed by atoms with Crippen molar-refractivity contribution >= 4 is 34.8 Å². The van der Waals surface area contributed by atoms with Gasteiger partial charge in [0.25, 0.3) is 0 Å². The van der Waals surface area contributed by atoms with Gasteiger partial charge in [-0.2, -0.15) is 5.26 Å². The molecule has 0 atom stereocenters. The number of hydrogen-bond acceptors (Lipinski definition) is 4. The zero-order valence-corrected chi connectivity index (χ0v) is 12.3. The molecule has 1 aromatic rings. The maximum absolute atomic E-state index is 12.0. The molecule has 1 aromatic carbocycles. The summed E-state index contributed by atoms with van der Waals surface area (Å²) in [5.74, 6) is -0.166. The van der Waals surface area contributed by atoms with Crippen LogP contribution in [0.15, 0.2) is 12.1 Å². The van der Waals surface area contributed by atoms with Crippen molar-refractivity contribution in [1.82, 2.24) is 10.2 Å². The van der Waals surface area contributed by atoms with Crippen LogP contribution in [0.4, 0.5) is 5.69 Å². The van der Waals surface area contributed by atoms with Gasteiger partial charge < -0.3 is 10.6 Å². The van der Waals surface area contributed by atoms with E-state index in [4.69, 9.17) is 28.5 Å². The highest BCUT2D eigenvalue weighted by atomic mass is 35.5. The van der Waals surface area contributed by atoms with Crippen LogP contribution in [0.1, 0.15) is 5.56 Å². The SMILES string of the molecule is N#Cc1cc(Cl)c(NC(=O)CN2CCNCC2)c(Cl)c1. The quantitative estimate of drug-likeness (QED) is 0.891. The minimum absolute atomic E-state index is 0.166. The Morgan fingerprint density at radius 3 is 2.50 bits per heavy atom. The zero-order chi connectivity index (χ0) is 14.5. The molecule has 0 bridgehead atoms. The van der Waals surface area contributed by atoms with Crippen molar-refractivity contribution in [3.8, 4) is 6.07 Å². The molecular formula is C13H14Cl2N4O. The molecule has 1 aliphatic rings. The van der Waals surface area contributed by atoms with E-state index in [2.05, 4.69) is 15.5 Å². The Bertz CT molecular complexity index is 527. The van der Waals surface area contributed by atoms with Crippen LogP contribution in [0.25, 0.3) is 0 Å². The standard InChI is InChI=1S/C13H14Cl2N4O/c14-10-5-9(7-16)6-11(15)13(10)18-12(20)8-19-3-1-17-2-4-19/h5-6,17H,1-4,8H2,(H,18,20). The summed E-state index contributed by atoms with van der Waals surface area (Å²) in [6.07, 6.45) is 0. The number of amides is 1. The molecule has 1 fully saturated rings. The van der Waals surface area contributed by atoms with Gasteiger partial charge in [-0.25, -0.2) is 0 Å². The molecule has 1 aliphatic heterocycles. The molecule has 1 saturated heterocycles. The highest BCUT2D eigenvalue weighted by Gasteiger charge is 2.16. The Morgan fingerprint density at radius 2 is 1.95 bits per heavy atom. The van der Waals surface area contributed by atoms with Gasteiger partial charge in [0, 0.05) is 26.2 Å². The highest BCUT2D eigenvalue weighted by Crippen LogP contribution is 2.31. The summed E-state index contributed by atoms with van der Waals surface area (Å²) in [6.45, 7) is 3.73. The summed E-state index contributed by atoms with van der Waals surface area (Å²) in [6, 6.07) is 4.92. The molecule has 1 amide bonds. The van der Waals surface area contributed by atoms with E-state index in [1.807, 2.05) is 6.07 Å². The molecule has 1 heterocycles. The van der Waals surface area contributed by atoms with Crippen molar-refractivity contribution in [3.63, 3.8) is 0 Å². The number of piperazine rings is 1. The van der Waals surface area contributed by atoms with Crippen molar-refractivity contribution in [2.45, 2.75) is 0 Å². The predicted molar refractivity (Wildman–Crippen MR) is 79.1 cm³/mol. The van der Waals surface area contributed by atoms with Gasteiger partial charge >= 0.3 is 0 Å². The number of anilines is 1. The summed E-state index contributed by atoms with van der Waals surface area (Å²) in [5, 5.41) is 15.3. The molecule has 2 N–H and O–H groups in total. The lowest BCUT2D eigenvalue weighted by molar-refractivity contribution is -0.117. The lowest BCUT2D eigenvalue weighted by Crippen LogP contribution is -2.46. The fourth-order valence-electron chi connectivity index (χ4n) is 2.01. The van der Waals surface area contributed by atoms with Crippen LogP contribution < -0.4 is 10.6 Å². The maximum atomic E-state index is 12.0. The van der Waals surface area contributed by atoms with Crippen LogP contribution in [0.3, 0.4) is 0 Å². The minimum Gasteiger partial charge on any atom is -0.322 e. The second-order valence-electron chi connectivity index (χ2n) is 4.50. The molecule has 0 unspecified atom stereocenters. The van der Waals surface area contributed by atoms with Crippen LogP contribution in [-0.4, -0.2) is 43.5 Å². The molecular weight excluding hydrogens is 299 g/mol. The Hall–Kier alpha value is -1.32. The van der Waals surface area contributed by atoms with Crippen molar-refractivity contribution in [2.24, 2.45) is 0 Å². The lowest BCUT2D eigenvalue weighted by Gasteiger charge is -2.26. The van der Waals surface area contributed by atoms with Gasteiger partial charge in [0.05, 0.1) is 33.9 Å². The van der Waals surface area contributed by atoms with E-state index in [1.54, 1.807) is 0 Å². The molecule has 7 heteroatoms. The van der Waals surface area contributed by atoms with E-state index in [1.165, 1.54) is 12.1 Å². The van der Waals surface area contributed by atoms with Crippen molar-refractivity contribution < 1.29 is 4.79 Å². The zero-order valence-electron chi connectivity index (χ0n) is 10.7. The third kappa shape index (κ3) is 3.84. The number of halogens is 2. The molecule has 0 spiro atoms. The van der Waals surface area contributed by atoms with Crippen LogP contribution in [0, 0.1) is 11.3 Å². The summed E-state index contributed by atoms with van der Waals surface area (Å²) in [7, 11) is 0. The number of carbonyl (C=O) groups is 1. The smallest absolute Gasteiger partial charge is 0.238 e. The minimum atomic E-state index is -0.166. The third-order valence-corrected chi connectivity index (χ3v) is 3.61. The highest BCUT2D eigenvalue weighted by molar-refractivity contribution is 6.40.